The molecule has 0 atom stereocenters. The van der Waals surface area contributed by atoms with Crippen LogP contribution in [0.2, 0.25) is 0 Å². The zero-order valence-electron chi connectivity index (χ0n) is 16.4. The van der Waals surface area contributed by atoms with Crippen molar-refractivity contribution < 1.29 is 29.3 Å². The van der Waals surface area contributed by atoms with Crippen molar-refractivity contribution in [2.45, 2.75) is 64.7 Å². The molecule has 0 aliphatic rings. The van der Waals surface area contributed by atoms with Gasteiger partial charge < -0.3 is 19.2 Å². The smallest absolute Gasteiger partial charge is 0.535 e. The maximum atomic E-state index is 9.10. The summed E-state index contributed by atoms with van der Waals surface area (Å²) in [4.78, 5) is 4.22. The van der Waals surface area contributed by atoms with Crippen LogP contribution in [0.15, 0.2) is 12.1 Å². The van der Waals surface area contributed by atoms with Crippen LogP contribution in [0.3, 0.4) is 0 Å². The van der Waals surface area contributed by atoms with Gasteiger partial charge in [0.05, 0.1) is 6.61 Å². The number of ether oxygens (including phenoxy) is 2. The lowest BCUT2D eigenvalue weighted by molar-refractivity contribution is -0.241. The monoisotopic (exact) mass is 367 g/mol. The van der Waals surface area contributed by atoms with Gasteiger partial charge in [-0.1, -0.05) is 52.5 Å². The van der Waals surface area contributed by atoms with Gasteiger partial charge in [-0.2, -0.15) is 0 Å². The lowest BCUT2D eigenvalue weighted by Gasteiger charge is -2.28. The average Bonchev–Trinajstić information content (AvgIpc) is 2.63. The van der Waals surface area contributed by atoms with E-state index >= 15 is 0 Å². The Kier molecular flexibility index (Phi) is 10.7. The van der Waals surface area contributed by atoms with Crippen molar-refractivity contribution in [3.8, 4) is 11.5 Å². The molecule has 0 bridgehead atoms. The topological polar surface area (TPSA) is 77.4 Å². The molecule has 0 aliphatic carbocycles. The Morgan fingerprint density at radius 2 is 1.92 bits per heavy atom. The van der Waals surface area contributed by atoms with Crippen LogP contribution in [-0.4, -0.2) is 38.5 Å². The van der Waals surface area contributed by atoms with Gasteiger partial charge in [-0.3, -0.25) is 5.26 Å². The Balaban J connectivity index is 3.15. The molecular weight excluding hydrogens is 335 g/mol. The summed E-state index contributed by atoms with van der Waals surface area (Å²) in [7, 11) is 2.16. The number of rotatable bonds is 14. The lowest BCUT2D eigenvalue weighted by atomic mass is 9.79. The summed E-state index contributed by atoms with van der Waals surface area (Å²) in [6, 6.07) is 3.96. The molecule has 1 rings (SSSR count). The molecule has 0 fully saturated rings. The van der Waals surface area contributed by atoms with Gasteiger partial charge in [0.15, 0.2) is 12.5 Å². The summed E-state index contributed by atoms with van der Waals surface area (Å²) in [5, 5.41) is 17.8. The minimum absolute atomic E-state index is 0.0464. The zero-order chi connectivity index (χ0) is 19.4. The molecule has 0 saturated carbocycles. The molecule has 26 heavy (non-hydrogen) atoms. The molecule has 7 heteroatoms. The molecule has 0 aliphatic heterocycles. The molecule has 0 heterocycles. The van der Waals surface area contributed by atoms with Crippen LogP contribution in [0.1, 0.15) is 64.0 Å². The van der Waals surface area contributed by atoms with Crippen LogP contribution in [-0.2, 0) is 21.5 Å². The third-order valence-electron chi connectivity index (χ3n) is 4.53. The summed E-state index contributed by atoms with van der Waals surface area (Å²) in [6.07, 6.45) is 6.31. The first kappa shape index (κ1) is 22.8. The van der Waals surface area contributed by atoms with E-state index in [1.54, 1.807) is 7.11 Å². The molecule has 2 N–H and O–H groups in total. The molecule has 0 saturated heterocycles. The van der Waals surface area contributed by atoms with Crippen LogP contribution >= 0.6 is 0 Å². The Bertz CT molecular complexity index is 492. The largest absolute Gasteiger partial charge is 0.569 e. The Hall–Kier alpha value is -1.28. The van der Waals surface area contributed by atoms with Crippen molar-refractivity contribution in [2.24, 2.45) is 0 Å². The van der Waals surface area contributed by atoms with Gasteiger partial charge in [-0.15, -0.1) is 0 Å². The quantitative estimate of drug-likeness (QED) is 0.171. The van der Waals surface area contributed by atoms with E-state index in [0.717, 1.165) is 24.0 Å². The van der Waals surface area contributed by atoms with Crippen molar-refractivity contribution in [1.29, 1.82) is 0 Å². The Morgan fingerprint density at radius 1 is 1.15 bits per heavy atom. The van der Waals surface area contributed by atoms with Gasteiger partial charge in [-0.25, -0.2) is 4.89 Å². The normalized spacial score (nSPS) is 11.5. The van der Waals surface area contributed by atoms with Crippen LogP contribution < -0.4 is 9.39 Å². The van der Waals surface area contributed by atoms with Gasteiger partial charge in [0.1, 0.15) is 5.75 Å². The second-order valence-corrected chi connectivity index (χ2v) is 7.01. The third kappa shape index (κ3) is 7.15. The highest BCUT2D eigenvalue weighted by molar-refractivity contribution is 6.17. The molecule has 0 spiro atoms. The predicted octanol–water partition coefficient (Wildman–Crippen LogP) is 3.85. The molecular formula is C19H32BO6. The SMILES string of the molecule is CCCCCCC(C)(C)c1cc(CCOO)c(O[B]O)c(OCOC)c1. The van der Waals surface area contributed by atoms with Crippen LogP contribution in [0.4, 0.5) is 0 Å². The summed E-state index contributed by atoms with van der Waals surface area (Å²) in [5.74, 6) is 0.886. The highest BCUT2D eigenvalue weighted by Gasteiger charge is 2.24. The van der Waals surface area contributed by atoms with E-state index in [-0.39, 0.29) is 18.8 Å². The van der Waals surface area contributed by atoms with Crippen LogP contribution in [0.25, 0.3) is 0 Å². The van der Waals surface area contributed by atoms with E-state index in [9.17, 15) is 0 Å². The maximum absolute atomic E-state index is 9.10. The maximum Gasteiger partial charge on any atom is 0.569 e. The van der Waals surface area contributed by atoms with Crippen molar-refractivity contribution in [3.05, 3.63) is 23.3 Å². The van der Waals surface area contributed by atoms with Gasteiger partial charge in [0.25, 0.3) is 0 Å². The second-order valence-electron chi connectivity index (χ2n) is 7.01. The Labute approximate surface area is 157 Å². The summed E-state index contributed by atoms with van der Waals surface area (Å²) in [6.45, 7) is 6.81. The van der Waals surface area contributed by atoms with E-state index in [4.69, 9.17) is 24.4 Å². The molecule has 0 unspecified atom stereocenters. The van der Waals surface area contributed by atoms with E-state index in [2.05, 4.69) is 25.7 Å². The number of benzene rings is 1. The first-order chi connectivity index (χ1) is 12.5. The van der Waals surface area contributed by atoms with Gasteiger partial charge >= 0.3 is 7.69 Å². The molecule has 6 nitrogen and oxygen atoms in total. The fraction of sp³-hybridized carbons (Fsp3) is 0.684. The minimum Gasteiger partial charge on any atom is -0.535 e. The fourth-order valence-electron chi connectivity index (χ4n) is 2.95. The molecule has 1 aromatic carbocycles. The van der Waals surface area contributed by atoms with E-state index in [1.165, 1.54) is 19.3 Å². The highest BCUT2D eigenvalue weighted by Crippen LogP contribution is 2.39. The minimum atomic E-state index is -0.0464. The van der Waals surface area contributed by atoms with Crippen molar-refractivity contribution >= 4 is 7.69 Å². The summed E-state index contributed by atoms with van der Waals surface area (Å²) < 4.78 is 15.9. The van der Waals surface area contributed by atoms with E-state index in [1.807, 2.05) is 12.1 Å². The van der Waals surface area contributed by atoms with Gasteiger partial charge in [0.2, 0.25) is 0 Å². The highest BCUT2D eigenvalue weighted by atomic mass is 17.1. The second kappa shape index (κ2) is 12.2. The first-order valence-corrected chi connectivity index (χ1v) is 9.18. The van der Waals surface area contributed by atoms with Crippen molar-refractivity contribution in [1.82, 2.24) is 0 Å². The third-order valence-corrected chi connectivity index (χ3v) is 4.53. The van der Waals surface area contributed by atoms with E-state index in [0.29, 0.717) is 25.6 Å². The number of hydrogen-bond donors (Lipinski definition) is 2. The first-order valence-electron chi connectivity index (χ1n) is 9.18. The molecule has 1 radical (unpaired) electrons. The van der Waals surface area contributed by atoms with Crippen molar-refractivity contribution in [2.75, 3.05) is 20.5 Å². The predicted molar refractivity (Wildman–Crippen MR) is 102 cm³/mol. The van der Waals surface area contributed by atoms with Gasteiger partial charge in [-0.05, 0) is 29.0 Å². The molecule has 1 aromatic rings. The van der Waals surface area contributed by atoms with Crippen LogP contribution in [0, 0.1) is 0 Å². The van der Waals surface area contributed by atoms with Crippen molar-refractivity contribution in [3.63, 3.8) is 0 Å². The van der Waals surface area contributed by atoms with Gasteiger partial charge in [0, 0.05) is 13.5 Å². The number of hydrogen-bond acceptors (Lipinski definition) is 6. The Morgan fingerprint density at radius 3 is 2.54 bits per heavy atom. The van der Waals surface area contributed by atoms with E-state index < -0.39 is 0 Å². The zero-order valence-corrected chi connectivity index (χ0v) is 16.4. The number of methoxy groups -OCH3 is 1. The molecule has 147 valence electrons. The van der Waals surface area contributed by atoms with Crippen LogP contribution in [0.5, 0.6) is 11.5 Å². The standard InChI is InChI=1S/C19H32BO6/c1-5-6-7-8-10-19(2,3)16-12-15(9-11-25-22)18(26-20-21)17(13-16)24-14-23-4/h12-13,21-22H,5-11,14H2,1-4H3. The lowest BCUT2D eigenvalue weighted by Crippen LogP contribution is -2.19. The molecule has 0 aromatic heterocycles. The fourth-order valence-corrected chi connectivity index (χ4v) is 2.95. The summed E-state index contributed by atoms with van der Waals surface area (Å²) in [5.41, 5.74) is 1.85. The number of unbranched alkanes of at least 4 members (excludes halogenated alkanes) is 3. The average molecular weight is 367 g/mol. The molecule has 0 amide bonds. The summed E-state index contributed by atoms with van der Waals surface area (Å²) >= 11 is 0.